The van der Waals surface area contributed by atoms with Gasteiger partial charge >= 0.3 is 0 Å². The minimum Gasteiger partial charge on any atom is -0.338 e. The Morgan fingerprint density at radius 3 is 2.64 bits per heavy atom. The second kappa shape index (κ2) is 6.84. The molecule has 9 nitrogen and oxygen atoms in total. The molecule has 1 aliphatic heterocycles. The SMILES string of the molecule is Cc1c(C(=O)C(=O)NC2(c3cn[nH]n3)CC2)c2n(c1C(=O)Nc1ccc(F)cc1)C1CC1C2. The zero-order chi connectivity index (χ0) is 22.9. The van der Waals surface area contributed by atoms with Crippen molar-refractivity contribution in [1.29, 1.82) is 0 Å². The molecule has 0 bridgehead atoms. The third-order valence-electron chi connectivity index (χ3n) is 6.98. The van der Waals surface area contributed by atoms with Crippen LogP contribution >= 0.6 is 0 Å². The molecule has 168 valence electrons. The van der Waals surface area contributed by atoms with Crippen molar-refractivity contribution >= 4 is 23.3 Å². The summed E-state index contributed by atoms with van der Waals surface area (Å²) in [7, 11) is 0. The number of nitrogens with one attached hydrogen (secondary N) is 3. The number of benzene rings is 1. The molecule has 2 amide bonds. The molecule has 10 heteroatoms. The van der Waals surface area contributed by atoms with Gasteiger partial charge in [0, 0.05) is 17.4 Å². The molecule has 33 heavy (non-hydrogen) atoms. The second-order valence-electron chi connectivity index (χ2n) is 9.11. The minimum atomic E-state index is -0.710. The first-order valence-electron chi connectivity index (χ1n) is 10.9. The van der Waals surface area contributed by atoms with E-state index in [0.29, 0.717) is 53.4 Å². The molecular formula is C23H21FN6O3. The Bertz CT molecular complexity index is 1310. The summed E-state index contributed by atoms with van der Waals surface area (Å²) in [5, 5.41) is 16.0. The van der Waals surface area contributed by atoms with E-state index < -0.39 is 23.0 Å². The first kappa shape index (κ1) is 19.8. The van der Waals surface area contributed by atoms with Gasteiger partial charge in [-0.15, -0.1) is 0 Å². The fourth-order valence-corrected chi connectivity index (χ4v) is 5.05. The Morgan fingerprint density at radius 1 is 1.21 bits per heavy atom. The molecule has 2 saturated carbocycles. The topological polar surface area (TPSA) is 122 Å². The molecule has 1 aromatic carbocycles. The van der Waals surface area contributed by atoms with Crippen LogP contribution in [0.15, 0.2) is 30.5 Å². The number of hydrogen-bond acceptors (Lipinski definition) is 5. The largest absolute Gasteiger partial charge is 0.338 e. The Labute approximate surface area is 187 Å². The highest BCUT2D eigenvalue weighted by Crippen LogP contribution is 2.54. The van der Waals surface area contributed by atoms with E-state index in [0.717, 1.165) is 12.1 Å². The van der Waals surface area contributed by atoms with Gasteiger partial charge in [-0.1, -0.05) is 0 Å². The van der Waals surface area contributed by atoms with Crippen LogP contribution in [0.2, 0.25) is 0 Å². The molecule has 2 aliphatic carbocycles. The van der Waals surface area contributed by atoms with Crippen molar-refractivity contribution in [2.24, 2.45) is 5.92 Å². The number of anilines is 1. The zero-order valence-corrected chi connectivity index (χ0v) is 17.8. The number of fused-ring (bicyclic) bond motifs is 3. The molecule has 0 spiro atoms. The van der Waals surface area contributed by atoms with Crippen molar-refractivity contribution in [3.63, 3.8) is 0 Å². The van der Waals surface area contributed by atoms with E-state index in [9.17, 15) is 18.8 Å². The Morgan fingerprint density at radius 2 is 1.97 bits per heavy atom. The molecule has 3 aliphatic rings. The summed E-state index contributed by atoms with van der Waals surface area (Å²) in [6.45, 7) is 1.70. The van der Waals surface area contributed by atoms with E-state index in [-0.39, 0.29) is 11.9 Å². The number of ketones is 1. The quantitative estimate of drug-likeness (QED) is 0.395. The molecule has 3 aromatic rings. The number of nitrogens with zero attached hydrogens (tertiary/aromatic N) is 3. The predicted octanol–water partition coefficient (Wildman–Crippen LogP) is 2.41. The molecule has 2 aromatic heterocycles. The molecule has 3 N–H and O–H groups in total. The Balaban J connectivity index is 1.31. The van der Waals surface area contributed by atoms with Crippen molar-refractivity contribution in [3.05, 3.63) is 64.5 Å². The standard InChI is InChI=1S/C23H21FN6O3/c1-11-18(20(31)22(33)27-23(6-7-23)17-10-25-29-28-17)16-9-12-8-15(12)30(16)19(11)21(32)26-14-4-2-13(24)3-5-14/h2-5,10,12,15H,6-9H2,1H3,(H,26,32)(H,27,33)(H,25,28,29). The van der Waals surface area contributed by atoms with Crippen LogP contribution in [0.1, 0.15) is 63.1 Å². The van der Waals surface area contributed by atoms with Crippen molar-refractivity contribution < 1.29 is 18.8 Å². The average molecular weight is 448 g/mol. The molecule has 2 atom stereocenters. The second-order valence-corrected chi connectivity index (χ2v) is 9.11. The van der Waals surface area contributed by atoms with Crippen LogP contribution in [0, 0.1) is 18.7 Å². The molecule has 2 fully saturated rings. The number of aromatic nitrogens is 4. The molecule has 2 unspecified atom stereocenters. The predicted molar refractivity (Wildman–Crippen MR) is 114 cm³/mol. The number of hydrogen-bond donors (Lipinski definition) is 3. The minimum absolute atomic E-state index is 0.169. The lowest BCUT2D eigenvalue weighted by Gasteiger charge is -2.14. The fraction of sp³-hybridized carbons (Fsp3) is 0.348. The van der Waals surface area contributed by atoms with E-state index >= 15 is 0 Å². The molecule has 6 rings (SSSR count). The number of carbonyl (C=O) groups excluding carboxylic acids is 3. The Kier molecular flexibility index (Phi) is 4.11. The molecule has 0 saturated heterocycles. The maximum absolute atomic E-state index is 13.3. The van der Waals surface area contributed by atoms with Crippen molar-refractivity contribution in [2.75, 3.05) is 5.32 Å². The number of halogens is 1. The van der Waals surface area contributed by atoms with Gasteiger partial charge < -0.3 is 15.2 Å². The van der Waals surface area contributed by atoms with E-state index in [2.05, 4.69) is 26.0 Å². The summed E-state index contributed by atoms with van der Waals surface area (Å²) < 4.78 is 15.1. The highest BCUT2D eigenvalue weighted by molar-refractivity contribution is 6.44. The molecule has 0 radical (unpaired) electrons. The number of H-pyrrole nitrogens is 1. The van der Waals surface area contributed by atoms with E-state index in [1.54, 1.807) is 13.1 Å². The van der Waals surface area contributed by atoms with E-state index in [1.807, 2.05) is 4.57 Å². The normalized spacial score (nSPS) is 21.2. The lowest BCUT2D eigenvalue weighted by molar-refractivity contribution is -0.118. The monoisotopic (exact) mass is 448 g/mol. The van der Waals surface area contributed by atoms with Crippen molar-refractivity contribution in [2.45, 2.75) is 44.2 Å². The van der Waals surface area contributed by atoms with Crippen molar-refractivity contribution in [3.8, 4) is 0 Å². The van der Waals surface area contributed by atoms with Crippen LogP contribution in [-0.4, -0.2) is 37.6 Å². The lowest BCUT2D eigenvalue weighted by Crippen LogP contribution is -2.40. The Hall–Kier alpha value is -3.82. The van der Waals surface area contributed by atoms with Crippen LogP contribution in [-0.2, 0) is 16.8 Å². The number of amides is 2. The van der Waals surface area contributed by atoms with Gasteiger partial charge in [-0.3, -0.25) is 14.4 Å². The van der Waals surface area contributed by atoms with Crippen LogP contribution in [0.5, 0.6) is 0 Å². The first-order valence-corrected chi connectivity index (χ1v) is 10.9. The number of aromatic amines is 1. The maximum atomic E-state index is 13.3. The van der Waals surface area contributed by atoms with Crippen molar-refractivity contribution in [1.82, 2.24) is 25.3 Å². The summed E-state index contributed by atoms with van der Waals surface area (Å²) in [6, 6.07) is 5.67. The zero-order valence-electron chi connectivity index (χ0n) is 17.8. The lowest BCUT2D eigenvalue weighted by atomic mass is 10.0. The number of carbonyl (C=O) groups is 3. The number of rotatable bonds is 6. The summed E-state index contributed by atoms with van der Waals surface area (Å²) >= 11 is 0. The summed E-state index contributed by atoms with van der Waals surface area (Å²) in [6.07, 6.45) is 4.53. The molecule has 3 heterocycles. The summed E-state index contributed by atoms with van der Waals surface area (Å²) in [4.78, 5) is 39.5. The number of Topliss-reactive ketones (excluding diaryl/α,β-unsaturated/α-hetero) is 1. The highest BCUT2D eigenvalue weighted by atomic mass is 19.1. The highest BCUT2D eigenvalue weighted by Gasteiger charge is 2.52. The van der Waals surface area contributed by atoms with E-state index in [4.69, 9.17) is 0 Å². The van der Waals surface area contributed by atoms with Gasteiger partial charge in [-0.2, -0.15) is 15.4 Å². The van der Waals surface area contributed by atoms with Crippen LogP contribution in [0.4, 0.5) is 10.1 Å². The van der Waals surface area contributed by atoms with Crippen LogP contribution < -0.4 is 10.6 Å². The van der Waals surface area contributed by atoms with Gasteiger partial charge in [-0.05, 0) is 68.4 Å². The van der Waals surface area contributed by atoms with Gasteiger partial charge in [0.1, 0.15) is 17.2 Å². The van der Waals surface area contributed by atoms with Gasteiger partial charge in [0.15, 0.2) is 0 Å². The van der Waals surface area contributed by atoms with Gasteiger partial charge in [0.05, 0.1) is 17.3 Å². The average Bonchev–Trinajstić information content (AvgIpc) is 3.58. The summed E-state index contributed by atoms with van der Waals surface area (Å²) in [5.74, 6) is -1.75. The van der Waals surface area contributed by atoms with Crippen LogP contribution in [0.25, 0.3) is 0 Å². The molecular weight excluding hydrogens is 427 g/mol. The van der Waals surface area contributed by atoms with Gasteiger partial charge in [0.2, 0.25) is 0 Å². The third-order valence-corrected chi connectivity index (χ3v) is 6.98. The summed E-state index contributed by atoms with van der Waals surface area (Å²) in [5.41, 5.74) is 2.30. The van der Waals surface area contributed by atoms with Gasteiger partial charge in [-0.25, -0.2) is 4.39 Å². The van der Waals surface area contributed by atoms with Gasteiger partial charge in [0.25, 0.3) is 17.6 Å². The third kappa shape index (κ3) is 3.08. The maximum Gasteiger partial charge on any atom is 0.293 e. The van der Waals surface area contributed by atoms with Crippen LogP contribution in [0.3, 0.4) is 0 Å². The van der Waals surface area contributed by atoms with E-state index in [1.165, 1.54) is 24.3 Å². The fourth-order valence-electron chi connectivity index (χ4n) is 5.05. The smallest absolute Gasteiger partial charge is 0.293 e. The first-order chi connectivity index (χ1) is 15.9.